The number of hydrogen-bond donors (Lipinski definition) is 2. The van der Waals surface area contributed by atoms with Gasteiger partial charge in [-0.25, -0.2) is 4.98 Å². The van der Waals surface area contributed by atoms with Crippen LogP contribution in [-0.4, -0.2) is 22.8 Å². The maximum atomic E-state index is 12.2. The number of benzene rings is 1. The molecule has 5 nitrogen and oxygen atoms in total. The lowest BCUT2D eigenvalue weighted by molar-refractivity contribution is -0.131. The van der Waals surface area contributed by atoms with Crippen LogP contribution in [0.25, 0.3) is 10.2 Å². The molecule has 22 heavy (non-hydrogen) atoms. The normalized spacial score (nSPS) is 13.0. The Morgan fingerprint density at radius 1 is 1.27 bits per heavy atom. The molecule has 1 heterocycles. The first kappa shape index (κ1) is 16.4. The van der Waals surface area contributed by atoms with Crippen LogP contribution in [0.3, 0.4) is 0 Å². The van der Waals surface area contributed by atoms with E-state index in [1.54, 1.807) is 6.92 Å². The van der Waals surface area contributed by atoms with E-state index in [1.807, 2.05) is 45.9 Å². The van der Waals surface area contributed by atoms with Crippen molar-refractivity contribution in [2.45, 2.75) is 40.7 Å². The van der Waals surface area contributed by atoms with Gasteiger partial charge in [0.25, 0.3) is 0 Å². The van der Waals surface area contributed by atoms with Crippen LogP contribution in [0.5, 0.6) is 0 Å². The van der Waals surface area contributed by atoms with Crippen LogP contribution in [0.15, 0.2) is 18.2 Å². The molecular weight excluding hydrogens is 298 g/mol. The molecule has 2 aromatic rings. The lowest BCUT2D eigenvalue weighted by Crippen LogP contribution is -2.46. The van der Waals surface area contributed by atoms with Gasteiger partial charge in [-0.3, -0.25) is 9.59 Å². The van der Waals surface area contributed by atoms with E-state index in [4.69, 9.17) is 0 Å². The van der Waals surface area contributed by atoms with Crippen molar-refractivity contribution in [1.29, 1.82) is 0 Å². The average molecular weight is 319 g/mol. The van der Waals surface area contributed by atoms with Gasteiger partial charge in [0.05, 0.1) is 10.2 Å². The predicted octanol–water partition coefficient (Wildman–Crippen LogP) is 3.09. The number of carbonyl (C=O) groups is 2. The maximum absolute atomic E-state index is 12.2. The summed E-state index contributed by atoms with van der Waals surface area (Å²) in [6.45, 7) is 9.10. The number of anilines is 1. The number of amides is 2. The Morgan fingerprint density at radius 2 is 1.95 bits per heavy atom. The van der Waals surface area contributed by atoms with Gasteiger partial charge in [0.15, 0.2) is 5.13 Å². The monoisotopic (exact) mass is 319 g/mol. The van der Waals surface area contributed by atoms with Gasteiger partial charge in [-0.05, 0) is 31.5 Å². The first-order valence-corrected chi connectivity index (χ1v) is 7.97. The second-order valence-electron chi connectivity index (χ2n) is 6.42. The second-order valence-corrected chi connectivity index (χ2v) is 7.46. The number of nitrogens with zero attached hydrogens (tertiary/aromatic N) is 1. The predicted molar refractivity (Wildman–Crippen MR) is 90.0 cm³/mol. The highest BCUT2D eigenvalue weighted by molar-refractivity contribution is 7.22. The minimum atomic E-state index is -0.611. The smallest absolute Gasteiger partial charge is 0.248 e. The minimum Gasteiger partial charge on any atom is -0.344 e. The average Bonchev–Trinajstić information content (AvgIpc) is 2.78. The Kier molecular flexibility index (Phi) is 4.51. The molecule has 6 heteroatoms. The van der Waals surface area contributed by atoms with E-state index in [1.165, 1.54) is 11.3 Å². The maximum Gasteiger partial charge on any atom is 0.248 e. The zero-order valence-corrected chi connectivity index (χ0v) is 14.3. The Balaban J connectivity index is 2.05. The van der Waals surface area contributed by atoms with Crippen molar-refractivity contribution in [1.82, 2.24) is 10.3 Å². The van der Waals surface area contributed by atoms with E-state index in [0.717, 1.165) is 15.8 Å². The molecule has 1 unspecified atom stereocenters. The third-order valence-electron chi connectivity index (χ3n) is 3.20. The molecule has 2 rings (SSSR count). The third-order valence-corrected chi connectivity index (χ3v) is 4.13. The van der Waals surface area contributed by atoms with Gasteiger partial charge >= 0.3 is 0 Å². The van der Waals surface area contributed by atoms with Crippen molar-refractivity contribution < 1.29 is 9.59 Å². The Hall–Kier alpha value is -1.95. The van der Waals surface area contributed by atoms with Crippen molar-refractivity contribution in [3.05, 3.63) is 23.8 Å². The standard InChI is InChI=1S/C16H21N3O2S/c1-9-6-7-11-12(8-9)22-15(18-11)19-13(20)10(2)17-14(21)16(3,4)5/h6-8,10H,1-5H3,(H,17,21)(H,18,19,20). The summed E-state index contributed by atoms with van der Waals surface area (Å²) in [6.07, 6.45) is 0. The molecule has 0 bridgehead atoms. The number of carbonyl (C=O) groups excluding carboxylic acids is 2. The molecule has 0 saturated heterocycles. The molecule has 0 radical (unpaired) electrons. The number of nitrogens with one attached hydrogen (secondary N) is 2. The fourth-order valence-electron chi connectivity index (χ4n) is 1.78. The Morgan fingerprint density at radius 3 is 2.59 bits per heavy atom. The summed E-state index contributed by atoms with van der Waals surface area (Å²) in [4.78, 5) is 28.4. The van der Waals surface area contributed by atoms with Crippen molar-refractivity contribution in [3.63, 3.8) is 0 Å². The van der Waals surface area contributed by atoms with Crippen LogP contribution < -0.4 is 10.6 Å². The Bertz CT molecular complexity index is 716. The molecular formula is C16H21N3O2S. The van der Waals surface area contributed by atoms with Crippen LogP contribution >= 0.6 is 11.3 Å². The van der Waals surface area contributed by atoms with E-state index in [9.17, 15) is 9.59 Å². The highest BCUT2D eigenvalue weighted by Crippen LogP contribution is 2.26. The molecule has 2 amide bonds. The summed E-state index contributed by atoms with van der Waals surface area (Å²) in [7, 11) is 0. The Labute approximate surface area is 134 Å². The second kappa shape index (κ2) is 6.04. The number of aromatic nitrogens is 1. The third kappa shape index (κ3) is 3.82. The first-order valence-electron chi connectivity index (χ1n) is 7.16. The van der Waals surface area contributed by atoms with Gasteiger partial charge in [0, 0.05) is 5.41 Å². The summed E-state index contributed by atoms with van der Waals surface area (Å²) >= 11 is 1.43. The number of thiazole rings is 1. The zero-order valence-electron chi connectivity index (χ0n) is 13.5. The molecule has 0 spiro atoms. The largest absolute Gasteiger partial charge is 0.344 e. The molecule has 0 aliphatic heterocycles. The zero-order chi connectivity index (χ0) is 16.5. The van der Waals surface area contributed by atoms with Crippen molar-refractivity contribution in [2.24, 2.45) is 5.41 Å². The number of hydrogen-bond acceptors (Lipinski definition) is 4. The van der Waals surface area contributed by atoms with E-state index < -0.39 is 11.5 Å². The van der Waals surface area contributed by atoms with E-state index >= 15 is 0 Å². The highest BCUT2D eigenvalue weighted by Gasteiger charge is 2.25. The van der Waals surface area contributed by atoms with Crippen LogP contribution in [0, 0.1) is 12.3 Å². The van der Waals surface area contributed by atoms with Crippen molar-refractivity contribution in [2.75, 3.05) is 5.32 Å². The van der Waals surface area contributed by atoms with Crippen molar-refractivity contribution >= 4 is 38.5 Å². The fourth-order valence-corrected chi connectivity index (χ4v) is 2.74. The van der Waals surface area contributed by atoms with E-state index in [-0.39, 0.29) is 11.8 Å². The fraction of sp³-hybridized carbons (Fsp3) is 0.438. The number of rotatable bonds is 3. The molecule has 118 valence electrons. The molecule has 2 N–H and O–H groups in total. The van der Waals surface area contributed by atoms with Gasteiger partial charge in [-0.2, -0.15) is 0 Å². The molecule has 0 aliphatic carbocycles. The minimum absolute atomic E-state index is 0.157. The van der Waals surface area contributed by atoms with Crippen LogP contribution in [-0.2, 0) is 9.59 Å². The molecule has 0 saturated carbocycles. The van der Waals surface area contributed by atoms with Gasteiger partial charge in [-0.1, -0.05) is 38.2 Å². The number of aryl methyl sites for hydroxylation is 1. The van der Waals surface area contributed by atoms with Gasteiger partial charge < -0.3 is 10.6 Å². The van der Waals surface area contributed by atoms with Crippen LogP contribution in [0.2, 0.25) is 0 Å². The van der Waals surface area contributed by atoms with Crippen LogP contribution in [0.1, 0.15) is 33.3 Å². The van der Waals surface area contributed by atoms with Crippen LogP contribution in [0.4, 0.5) is 5.13 Å². The molecule has 1 aromatic carbocycles. The summed E-state index contributed by atoms with van der Waals surface area (Å²) in [5.41, 5.74) is 1.49. The van der Waals surface area contributed by atoms with Gasteiger partial charge in [-0.15, -0.1) is 0 Å². The summed E-state index contributed by atoms with van der Waals surface area (Å²) in [6, 6.07) is 5.34. The molecule has 0 aliphatic rings. The lowest BCUT2D eigenvalue weighted by atomic mass is 9.95. The van der Waals surface area contributed by atoms with E-state index in [0.29, 0.717) is 5.13 Å². The highest BCUT2D eigenvalue weighted by atomic mass is 32.1. The number of fused-ring (bicyclic) bond motifs is 1. The summed E-state index contributed by atoms with van der Waals surface area (Å²) in [5.74, 6) is -0.427. The summed E-state index contributed by atoms with van der Waals surface area (Å²) < 4.78 is 1.03. The van der Waals surface area contributed by atoms with Crippen molar-refractivity contribution in [3.8, 4) is 0 Å². The van der Waals surface area contributed by atoms with E-state index in [2.05, 4.69) is 15.6 Å². The lowest BCUT2D eigenvalue weighted by Gasteiger charge is -2.21. The van der Waals surface area contributed by atoms with Gasteiger partial charge in [0.2, 0.25) is 11.8 Å². The topological polar surface area (TPSA) is 71.1 Å². The molecule has 0 fully saturated rings. The SMILES string of the molecule is Cc1ccc2nc(NC(=O)C(C)NC(=O)C(C)(C)C)sc2c1. The first-order chi connectivity index (χ1) is 10.2. The quantitative estimate of drug-likeness (QED) is 0.913. The summed E-state index contributed by atoms with van der Waals surface area (Å²) in [5, 5.41) is 6.01. The molecule has 1 atom stereocenters. The van der Waals surface area contributed by atoms with Gasteiger partial charge in [0.1, 0.15) is 6.04 Å². The molecule has 1 aromatic heterocycles.